The molecule has 1 heterocycles. The van der Waals surface area contributed by atoms with Crippen molar-refractivity contribution in [2.75, 3.05) is 6.79 Å². The third-order valence-corrected chi connectivity index (χ3v) is 2.81. The Labute approximate surface area is 90.1 Å². The maximum atomic E-state index is 8.80. The van der Waals surface area contributed by atoms with Gasteiger partial charge in [-0.25, -0.2) is 0 Å². The molecule has 0 bridgehead atoms. The smallest absolute Gasteiger partial charge is 0.328 e. The number of ether oxygens (including phenoxy) is 1. The van der Waals surface area contributed by atoms with Crippen molar-refractivity contribution in [1.82, 2.24) is 0 Å². The van der Waals surface area contributed by atoms with Crippen molar-refractivity contribution < 1.29 is 14.5 Å². The van der Waals surface area contributed by atoms with Crippen molar-refractivity contribution in [3.05, 3.63) is 23.8 Å². The Morgan fingerprint density at radius 1 is 1.53 bits per heavy atom. The van der Waals surface area contributed by atoms with E-state index in [-0.39, 0.29) is 19.8 Å². The molecule has 0 radical (unpaired) electrons. The summed E-state index contributed by atoms with van der Waals surface area (Å²) in [6.45, 7) is 3.87. The Morgan fingerprint density at radius 2 is 2.33 bits per heavy atom. The lowest BCUT2D eigenvalue weighted by Crippen LogP contribution is -2.26. The lowest BCUT2D eigenvalue weighted by atomic mass is 9.63. The molecule has 3 nitrogen and oxygen atoms in total. The Kier molecular flexibility index (Phi) is 2.98. The Morgan fingerprint density at radius 3 is 3.00 bits per heavy atom. The van der Waals surface area contributed by atoms with Gasteiger partial charge in [0.25, 0.3) is 0 Å². The van der Waals surface area contributed by atoms with Gasteiger partial charge in [-0.1, -0.05) is 25.9 Å². The number of hydrogen-bond donors (Lipinski definition) is 1. The van der Waals surface area contributed by atoms with Crippen LogP contribution in [0.3, 0.4) is 0 Å². The second-order valence-corrected chi connectivity index (χ2v) is 3.71. The van der Waals surface area contributed by atoms with Crippen molar-refractivity contribution in [2.45, 2.75) is 26.3 Å². The van der Waals surface area contributed by atoms with Crippen LogP contribution in [-0.2, 0) is 4.65 Å². The van der Waals surface area contributed by atoms with Gasteiger partial charge in [0.15, 0.2) is 6.79 Å². The summed E-state index contributed by atoms with van der Waals surface area (Å²) in [5.41, 5.74) is 2.27. The van der Waals surface area contributed by atoms with E-state index >= 15 is 0 Å². The summed E-state index contributed by atoms with van der Waals surface area (Å²) >= 11 is 0. The monoisotopic (exact) mass is 206 g/mol. The van der Waals surface area contributed by atoms with Crippen LogP contribution in [0, 0.1) is 0 Å². The van der Waals surface area contributed by atoms with E-state index in [1.165, 1.54) is 5.56 Å². The number of aliphatic hydroxyl groups excluding tert-OH is 1. The molecule has 1 N–H and O–H groups in total. The number of aliphatic hydroxyl groups is 1. The first kappa shape index (κ1) is 10.5. The van der Waals surface area contributed by atoms with Gasteiger partial charge < -0.3 is 14.5 Å². The molecular formula is C11H15BO3. The predicted molar refractivity (Wildman–Crippen MR) is 59.5 cm³/mol. The SMILES string of the molecule is CC[C@@H]1OB(C)c2c(OCO)cccc21. The van der Waals surface area contributed by atoms with E-state index in [2.05, 4.69) is 13.0 Å². The topological polar surface area (TPSA) is 38.7 Å². The molecule has 1 aromatic rings. The maximum Gasteiger partial charge on any atom is 0.328 e. The second kappa shape index (κ2) is 4.25. The number of rotatable bonds is 3. The molecule has 0 aliphatic carbocycles. The van der Waals surface area contributed by atoms with Crippen LogP contribution in [0.1, 0.15) is 25.0 Å². The Hall–Kier alpha value is -0.995. The Bertz CT molecular complexity index is 354. The molecule has 1 aliphatic heterocycles. The normalized spacial score (nSPS) is 19.1. The molecule has 0 saturated heterocycles. The quantitative estimate of drug-likeness (QED) is 0.598. The van der Waals surface area contributed by atoms with E-state index in [1.54, 1.807) is 0 Å². The molecule has 1 atom stereocenters. The minimum atomic E-state index is -0.292. The minimum absolute atomic E-state index is 0.0488. The van der Waals surface area contributed by atoms with Gasteiger partial charge in [-0.3, -0.25) is 0 Å². The molecule has 0 aromatic heterocycles. The lowest BCUT2D eigenvalue weighted by molar-refractivity contribution is 0.0995. The highest BCUT2D eigenvalue weighted by Crippen LogP contribution is 2.30. The van der Waals surface area contributed by atoms with Gasteiger partial charge in [0.2, 0.25) is 0 Å². The maximum absolute atomic E-state index is 8.80. The third kappa shape index (κ3) is 1.75. The van der Waals surface area contributed by atoms with Gasteiger partial charge >= 0.3 is 6.92 Å². The first-order chi connectivity index (χ1) is 7.27. The van der Waals surface area contributed by atoms with Crippen molar-refractivity contribution in [3.8, 4) is 5.75 Å². The van der Waals surface area contributed by atoms with Gasteiger partial charge in [-0.15, -0.1) is 0 Å². The fourth-order valence-corrected chi connectivity index (χ4v) is 2.18. The summed E-state index contributed by atoms with van der Waals surface area (Å²) in [5.74, 6) is 0.735. The van der Waals surface area contributed by atoms with Crippen LogP contribution in [0.2, 0.25) is 6.82 Å². The zero-order valence-electron chi connectivity index (χ0n) is 9.06. The average Bonchev–Trinajstić information content (AvgIpc) is 2.57. The highest BCUT2D eigenvalue weighted by molar-refractivity contribution is 6.68. The molecule has 0 amide bonds. The molecule has 1 aromatic carbocycles. The molecule has 2 rings (SSSR count). The average molecular weight is 206 g/mol. The van der Waals surface area contributed by atoms with E-state index in [9.17, 15) is 0 Å². The van der Waals surface area contributed by atoms with Gasteiger partial charge in [-0.05, 0) is 23.5 Å². The summed E-state index contributed by atoms with van der Waals surface area (Å²) in [6.07, 6.45) is 1.12. The first-order valence-electron chi connectivity index (χ1n) is 5.29. The van der Waals surface area contributed by atoms with Crippen molar-refractivity contribution in [2.24, 2.45) is 0 Å². The van der Waals surface area contributed by atoms with Crippen LogP contribution in [-0.4, -0.2) is 18.8 Å². The van der Waals surface area contributed by atoms with Gasteiger partial charge in [0.1, 0.15) is 5.75 Å². The third-order valence-electron chi connectivity index (χ3n) is 2.81. The van der Waals surface area contributed by atoms with Crippen molar-refractivity contribution in [1.29, 1.82) is 0 Å². The number of fused-ring (bicyclic) bond motifs is 1. The fraction of sp³-hybridized carbons (Fsp3) is 0.455. The number of hydrogen-bond acceptors (Lipinski definition) is 3. The molecule has 0 fully saturated rings. The molecule has 15 heavy (non-hydrogen) atoms. The van der Waals surface area contributed by atoms with E-state index < -0.39 is 0 Å². The van der Waals surface area contributed by atoms with Crippen LogP contribution in [0.15, 0.2) is 18.2 Å². The molecule has 0 saturated carbocycles. The van der Waals surface area contributed by atoms with Gasteiger partial charge in [-0.2, -0.15) is 0 Å². The van der Waals surface area contributed by atoms with E-state index in [0.29, 0.717) is 0 Å². The lowest BCUT2D eigenvalue weighted by Gasteiger charge is -2.10. The first-order valence-corrected chi connectivity index (χ1v) is 5.29. The van der Waals surface area contributed by atoms with E-state index in [0.717, 1.165) is 17.6 Å². The van der Waals surface area contributed by atoms with Crippen LogP contribution in [0.5, 0.6) is 5.75 Å². The fourth-order valence-electron chi connectivity index (χ4n) is 2.18. The molecule has 1 aliphatic rings. The van der Waals surface area contributed by atoms with Crippen LogP contribution in [0.25, 0.3) is 0 Å². The number of benzene rings is 1. The van der Waals surface area contributed by atoms with Crippen LogP contribution in [0.4, 0.5) is 0 Å². The summed E-state index contributed by atoms with van der Waals surface area (Å²) in [7, 11) is 0. The predicted octanol–water partition coefficient (Wildman–Crippen LogP) is 1.32. The van der Waals surface area contributed by atoms with Crippen molar-refractivity contribution in [3.63, 3.8) is 0 Å². The molecule has 0 spiro atoms. The van der Waals surface area contributed by atoms with Crippen LogP contribution < -0.4 is 10.2 Å². The summed E-state index contributed by atoms with van der Waals surface area (Å²) in [6, 6.07) is 5.87. The highest BCUT2D eigenvalue weighted by atomic mass is 16.6. The van der Waals surface area contributed by atoms with Crippen molar-refractivity contribution >= 4 is 12.4 Å². The minimum Gasteiger partial charge on any atom is -0.468 e. The molecule has 0 unspecified atom stereocenters. The Balaban J connectivity index is 2.42. The van der Waals surface area contributed by atoms with Gasteiger partial charge in [0, 0.05) is 0 Å². The largest absolute Gasteiger partial charge is 0.468 e. The van der Waals surface area contributed by atoms with Crippen LogP contribution >= 0.6 is 0 Å². The summed E-state index contributed by atoms with van der Waals surface area (Å²) in [5, 5.41) is 8.80. The highest BCUT2D eigenvalue weighted by Gasteiger charge is 2.33. The standard InChI is InChI=1S/C11H15BO3/c1-3-9-8-5-4-6-10(14-7-13)11(8)12(2)15-9/h4-6,9,13H,3,7H2,1-2H3/t9-/m0/s1. The summed E-state index contributed by atoms with van der Waals surface area (Å²) < 4.78 is 11.0. The van der Waals surface area contributed by atoms with Gasteiger partial charge in [0.05, 0.1) is 6.10 Å². The molecule has 80 valence electrons. The second-order valence-electron chi connectivity index (χ2n) is 3.71. The zero-order valence-corrected chi connectivity index (χ0v) is 9.06. The summed E-state index contributed by atoms with van der Waals surface area (Å²) in [4.78, 5) is 0. The molecule has 4 heteroatoms. The molecular weight excluding hydrogens is 191 g/mol. The van der Waals surface area contributed by atoms with E-state index in [1.807, 2.05) is 19.0 Å². The van der Waals surface area contributed by atoms with E-state index in [4.69, 9.17) is 14.5 Å². The zero-order chi connectivity index (χ0) is 10.8.